The first-order valence-corrected chi connectivity index (χ1v) is 11.8. The summed E-state index contributed by atoms with van der Waals surface area (Å²) in [6, 6.07) is 7.36. The number of nitrogens with zero attached hydrogens (tertiary/aromatic N) is 2. The quantitative estimate of drug-likeness (QED) is 0.678. The highest BCUT2D eigenvalue weighted by Gasteiger charge is 2.29. The number of carbonyl (C=O) groups excluding carboxylic acids is 2. The molecule has 0 atom stereocenters. The highest BCUT2D eigenvalue weighted by molar-refractivity contribution is 7.91. The van der Waals surface area contributed by atoms with E-state index < -0.39 is 10.0 Å². The summed E-state index contributed by atoms with van der Waals surface area (Å²) < 4.78 is 28.2. The number of nitrogens with one attached hydrogen (secondary N) is 1. The lowest BCUT2D eigenvalue weighted by molar-refractivity contribution is -0.120. The van der Waals surface area contributed by atoms with Crippen LogP contribution < -0.4 is 5.32 Å². The second-order valence-corrected chi connectivity index (χ2v) is 10.6. The van der Waals surface area contributed by atoms with Gasteiger partial charge in [-0.15, -0.1) is 11.3 Å². The highest BCUT2D eigenvalue weighted by Crippen LogP contribution is 2.34. The smallest absolute Gasteiger partial charge is 0.252 e. The van der Waals surface area contributed by atoms with Gasteiger partial charge in [0.15, 0.2) is 5.13 Å². The van der Waals surface area contributed by atoms with Crippen LogP contribution in [0.4, 0.5) is 5.13 Å². The summed E-state index contributed by atoms with van der Waals surface area (Å²) in [6.45, 7) is 1.92. The number of thiophene rings is 1. The molecular formula is C18H17N3O4S3. The van der Waals surface area contributed by atoms with Crippen molar-refractivity contribution in [1.29, 1.82) is 0 Å². The number of Topliss-reactive ketones (excluding diaryl/α,β-unsaturated/α-hetero) is 1. The summed E-state index contributed by atoms with van der Waals surface area (Å²) in [6.07, 6.45) is 0.548. The van der Waals surface area contributed by atoms with Crippen LogP contribution in [0.5, 0.6) is 0 Å². The average Bonchev–Trinajstić information content (AvgIpc) is 3.27. The molecule has 1 N–H and O–H groups in total. The van der Waals surface area contributed by atoms with Crippen molar-refractivity contribution in [2.75, 3.05) is 18.4 Å². The molecule has 0 bridgehead atoms. The molecule has 3 heterocycles. The zero-order chi connectivity index (χ0) is 19.9. The van der Waals surface area contributed by atoms with Gasteiger partial charge in [0.25, 0.3) is 10.0 Å². The first kappa shape index (κ1) is 19.2. The van der Waals surface area contributed by atoms with Crippen molar-refractivity contribution >= 4 is 59.7 Å². The summed E-state index contributed by atoms with van der Waals surface area (Å²) in [4.78, 5) is 26.9. The predicted molar refractivity (Wildman–Crippen MR) is 110 cm³/mol. The second kappa shape index (κ2) is 7.36. The molecule has 1 saturated heterocycles. The number of fused-ring (bicyclic) bond motifs is 1. The third-order valence-electron chi connectivity index (χ3n) is 4.45. The van der Waals surface area contributed by atoms with E-state index in [-0.39, 0.29) is 41.8 Å². The van der Waals surface area contributed by atoms with Crippen molar-refractivity contribution in [3.05, 3.63) is 29.6 Å². The number of hydrogen-bond acceptors (Lipinski definition) is 7. The topological polar surface area (TPSA) is 96.4 Å². The van der Waals surface area contributed by atoms with E-state index in [9.17, 15) is 18.0 Å². The minimum atomic E-state index is -3.58. The van der Waals surface area contributed by atoms with E-state index in [1.807, 2.05) is 23.6 Å². The van der Waals surface area contributed by atoms with E-state index in [4.69, 9.17) is 0 Å². The van der Waals surface area contributed by atoms with E-state index >= 15 is 0 Å². The van der Waals surface area contributed by atoms with Gasteiger partial charge in [-0.3, -0.25) is 9.59 Å². The van der Waals surface area contributed by atoms with Crippen LogP contribution >= 0.6 is 22.7 Å². The number of piperidine rings is 1. The summed E-state index contributed by atoms with van der Waals surface area (Å²) in [5.41, 5.74) is 2.48. The number of rotatable bonds is 4. The summed E-state index contributed by atoms with van der Waals surface area (Å²) in [5, 5.41) is 5.03. The van der Waals surface area contributed by atoms with E-state index in [2.05, 4.69) is 10.3 Å². The molecule has 0 aliphatic carbocycles. The summed E-state index contributed by atoms with van der Waals surface area (Å²) >= 11 is 2.55. The molecule has 1 fully saturated rings. The molecule has 1 amide bonds. The minimum Gasteiger partial charge on any atom is -0.302 e. The molecule has 146 valence electrons. The fourth-order valence-corrected chi connectivity index (χ4v) is 6.75. The maximum Gasteiger partial charge on any atom is 0.252 e. The van der Waals surface area contributed by atoms with E-state index in [0.717, 1.165) is 21.3 Å². The van der Waals surface area contributed by atoms with Crippen molar-refractivity contribution in [3.63, 3.8) is 0 Å². The predicted octanol–water partition coefficient (Wildman–Crippen LogP) is 3.34. The van der Waals surface area contributed by atoms with Crippen LogP contribution in [-0.2, 0) is 19.6 Å². The van der Waals surface area contributed by atoms with Gasteiger partial charge in [0.05, 0.1) is 10.2 Å². The summed E-state index contributed by atoms with van der Waals surface area (Å²) in [5.74, 6) is -0.0683. The number of benzene rings is 1. The lowest BCUT2D eigenvalue weighted by Crippen LogP contribution is -2.38. The molecular weight excluding hydrogens is 418 g/mol. The molecule has 0 radical (unpaired) electrons. The van der Waals surface area contributed by atoms with Crippen LogP contribution in [0, 0.1) is 0 Å². The number of carbonyl (C=O) groups is 2. The van der Waals surface area contributed by atoms with E-state index in [1.165, 1.54) is 33.9 Å². The maximum absolute atomic E-state index is 12.8. The van der Waals surface area contributed by atoms with Gasteiger partial charge in [0.1, 0.15) is 9.99 Å². The van der Waals surface area contributed by atoms with Gasteiger partial charge in [-0.25, -0.2) is 13.4 Å². The number of ketones is 1. The Labute approximate surface area is 170 Å². The van der Waals surface area contributed by atoms with Crippen LogP contribution in [0.15, 0.2) is 33.9 Å². The van der Waals surface area contributed by atoms with Gasteiger partial charge in [0.2, 0.25) is 5.91 Å². The highest BCUT2D eigenvalue weighted by atomic mass is 32.2. The number of sulfonamides is 1. The van der Waals surface area contributed by atoms with Gasteiger partial charge < -0.3 is 5.32 Å². The second-order valence-electron chi connectivity index (χ2n) is 6.48. The Morgan fingerprint density at radius 1 is 1.18 bits per heavy atom. The molecule has 0 spiro atoms. The molecule has 1 aliphatic rings. The van der Waals surface area contributed by atoms with Gasteiger partial charge in [-0.05, 0) is 34.7 Å². The SMILES string of the molecule is CC(=O)Nc1nc2ccc(-c3csc(S(=O)(=O)N4CCC(=O)CC4)c3)cc2s1. The molecule has 0 saturated carbocycles. The zero-order valence-corrected chi connectivity index (χ0v) is 17.4. The fourth-order valence-electron chi connectivity index (χ4n) is 3.01. The van der Waals surface area contributed by atoms with Gasteiger partial charge in [0, 0.05) is 32.9 Å². The van der Waals surface area contributed by atoms with Crippen LogP contribution in [0.3, 0.4) is 0 Å². The molecule has 7 nitrogen and oxygen atoms in total. The fraction of sp³-hybridized carbons (Fsp3) is 0.278. The Hall–Kier alpha value is -2.14. The van der Waals surface area contributed by atoms with Crippen molar-refractivity contribution in [2.24, 2.45) is 0 Å². The van der Waals surface area contributed by atoms with Crippen molar-refractivity contribution in [3.8, 4) is 11.1 Å². The summed E-state index contributed by atoms with van der Waals surface area (Å²) in [7, 11) is -3.58. The first-order valence-electron chi connectivity index (χ1n) is 8.62. The van der Waals surface area contributed by atoms with Crippen LogP contribution in [0.1, 0.15) is 19.8 Å². The number of thiazole rings is 1. The molecule has 0 unspecified atom stereocenters. The Morgan fingerprint density at radius 2 is 1.93 bits per heavy atom. The van der Waals surface area contributed by atoms with Gasteiger partial charge >= 0.3 is 0 Å². The molecule has 10 heteroatoms. The lowest BCUT2D eigenvalue weighted by atomic mass is 10.1. The van der Waals surface area contributed by atoms with E-state index in [0.29, 0.717) is 5.13 Å². The van der Waals surface area contributed by atoms with Gasteiger partial charge in [-0.1, -0.05) is 17.4 Å². The Morgan fingerprint density at radius 3 is 2.64 bits per heavy atom. The van der Waals surface area contributed by atoms with Crippen LogP contribution in [0.25, 0.3) is 21.3 Å². The molecule has 28 heavy (non-hydrogen) atoms. The minimum absolute atomic E-state index is 0.106. The first-order chi connectivity index (χ1) is 13.3. The van der Waals surface area contributed by atoms with Gasteiger partial charge in [-0.2, -0.15) is 4.31 Å². The Kier molecular flexibility index (Phi) is 5.04. The molecule has 3 aromatic rings. The molecule has 2 aromatic heterocycles. The zero-order valence-electron chi connectivity index (χ0n) is 15.0. The normalized spacial score (nSPS) is 15.8. The third kappa shape index (κ3) is 3.72. The Bertz CT molecular complexity index is 1170. The monoisotopic (exact) mass is 435 g/mol. The number of amides is 1. The van der Waals surface area contributed by atoms with Crippen LogP contribution in [-0.4, -0.2) is 42.5 Å². The number of hydrogen-bond donors (Lipinski definition) is 1. The van der Waals surface area contributed by atoms with Crippen molar-refractivity contribution in [2.45, 2.75) is 24.0 Å². The van der Waals surface area contributed by atoms with Crippen molar-refractivity contribution < 1.29 is 18.0 Å². The number of aromatic nitrogens is 1. The standard InChI is InChI=1S/C18H17N3O4S3/c1-11(22)19-18-20-15-3-2-12(8-16(15)27-18)13-9-17(26-10-13)28(24,25)21-6-4-14(23)5-7-21/h2-3,8-10H,4-7H2,1H3,(H,19,20,22). The molecule has 1 aromatic carbocycles. The maximum atomic E-state index is 12.8. The average molecular weight is 436 g/mol. The van der Waals surface area contributed by atoms with E-state index in [1.54, 1.807) is 6.07 Å². The number of anilines is 1. The Balaban J connectivity index is 1.61. The van der Waals surface area contributed by atoms with Crippen LogP contribution in [0.2, 0.25) is 0 Å². The molecule has 1 aliphatic heterocycles. The largest absolute Gasteiger partial charge is 0.302 e. The third-order valence-corrected chi connectivity index (χ3v) is 8.70. The molecule has 4 rings (SSSR count). The van der Waals surface area contributed by atoms with Crippen molar-refractivity contribution in [1.82, 2.24) is 9.29 Å². The lowest BCUT2D eigenvalue weighted by Gasteiger charge is -2.24.